The van der Waals surface area contributed by atoms with Gasteiger partial charge in [-0.15, -0.1) is 0 Å². The number of hydrogen-bond donors (Lipinski definition) is 0. The fourth-order valence-corrected chi connectivity index (χ4v) is 3.81. The van der Waals surface area contributed by atoms with Crippen LogP contribution in [0.5, 0.6) is 0 Å². The maximum Gasteiger partial charge on any atom is 0.411 e. The van der Waals surface area contributed by atoms with E-state index in [1.165, 1.54) is 0 Å². The van der Waals surface area contributed by atoms with Gasteiger partial charge in [-0.1, -0.05) is 42.5 Å². The number of nitrogens with zero attached hydrogens (tertiary/aromatic N) is 1. The first kappa shape index (κ1) is 29.5. The van der Waals surface area contributed by atoms with Crippen LogP contribution in [0.2, 0.25) is 0 Å². The van der Waals surface area contributed by atoms with Gasteiger partial charge in [-0.05, 0) is 39.2 Å². The van der Waals surface area contributed by atoms with E-state index in [9.17, 15) is 14.4 Å². The van der Waals surface area contributed by atoms with Crippen LogP contribution in [-0.2, 0) is 35.1 Å². The van der Waals surface area contributed by atoms with Crippen LogP contribution in [0, 0.1) is 0 Å². The molecule has 0 aliphatic carbocycles. The number of allylic oxidation sites excluding steroid dienone is 1. The van der Waals surface area contributed by atoms with E-state index in [1.54, 1.807) is 34.0 Å². The second-order valence-corrected chi connectivity index (χ2v) is 9.90. The Balaban J connectivity index is 1.93. The number of benzene rings is 1. The number of likely N-dealkylation sites (tertiary alicyclic amines) is 1. The zero-order valence-corrected chi connectivity index (χ0v) is 21.6. The number of esters is 1. The van der Waals surface area contributed by atoms with Gasteiger partial charge in [-0.3, -0.25) is 4.90 Å². The largest absolute Gasteiger partial charge is 0.459 e. The fraction of sp³-hybridized carbons (Fsp3) is 0.593. The Hall–Kier alpha value is -2.78. The Labute approximate surface area is 212 Å². The first-order valence-electron chi connectivity index (χ1n) is 12.1. The van der Waals surface area contributed by atoms with Crippen LogP contribution in [0.1, 0.15) is 52.0 Å². The molecule has 0 saturated carbocycles. The molecular weight excluding hydrogens is 469 g/mol. The van der Waals surface area contributed by atoms with Crippen LogP contribution in [0.15, 0.2) is 42.5 Å². The quantitative estimate of drug-likeness (QED) is 0.169. The van der Waals surface area contributed by atoms with Crippen molar-refractivity contribution in [2.45, 2.75) is 76.5 Å². The van der Waals surface area contributed by atoms with Crippen LogP contribution in [0.3, 0.4) is 0 Å². The van der Waals surface area contributed by atoms with Crippen LogP contribution in [-0.4, -0.2) is 73.5 Å². The van der Waals surface area contributed by atoms with Gasteiger partial charge in [0.1, 0.15) is 24.5 Å². The van der Waals surface area contributed by atoms with Gasteiger partial charge in [-0.25, -0.2) is 14.0 Å². The average Bonchev–Trinajstić information content (AvgIpc) is 3.19. The van der Waals surface area contributed by atoms with Gasteiger partial charge in [0, 0.05) is 20.0 Å². The summed E-state index contributed by atoms with van der Waals surface area (Å²) < 4.78 is 37.2. The number of aldehydes is 1. The number of rotatable bonds is 13. The zero-order valence-electron chi connectivity index (χ0n) is 21.6. The average molecular weight is 508 g/mol. The molecule has 1 aromatic carbocycles. The molecule has 1 fully saturated rings. The van der Waals surface area contributed by atoms with Crippen molar-refractivity contribution >= 4 is 18.3 Å². The lowest BCUT2D eigenvalue weighted by molar-refractivity contribution is -0.150. The highest BCUT2D eigenvalue weighted by molar-refractivity contribution is 5.82. The first-order chi connectivity index (χ1) is 17.1. The summed E-state index contributed by atoms with van der Waals surface area (Å²) >= 11 is 0. The molecule has 0 spiro atoms. The Bertz CT molecular complexity index is 871. The van der Waals surface area contributed by atoms with Gasteiger partial charge < -0.3 is 23.7 Å². The van der Waals surface area contributed by atoms with Gasteiger partial charge in [-0.2, -0.15) is 0 Å². The topological polar surface area (TPSA) is 91.4 Å². The third kappa shape index (κ3) is 10.1. The Morgan fingerprint density at radius 3 is 2.58 bits per heavy atom. The van der Waals surface area contributed by atoms with Gasteiger partial charge in [0.2, 0.25) is 0 Å². The number of amides is 1. The maximum atomic E-state index is 15.7. The molecule has 9 heteroatoms. The van der Waals surface area contributed by atoms with E-state index < -0.39 is 29.4 Å². The van der Waals surface area contributed by atoms with Gasteiger partial charge >= 0.3 is 12.1 Å². The first-order valence-corrected chi connectivity index (χ1v) is 12.1. The van der Waals surface area contributed by atoms with Crippen molar-refractivity contribution in [3.8, 4) is 0 Å². The molecule has 1 amide bonds. The Kier molecular flexibility index (Phi) is 11.5. The molecule has 3 atom stereocenters. The number of methoxy groups -OCH3 is 1. The SMILES string of the molecule is COC(CC=O)CC/C=C/COC[C@@]1(F)C[C@@H](C(=O)OCc2ccccc2)N(C(=O)OC(C)(C)C)C1. The van der Waals surface area contributed by atoms with E-state index in [0.717, 1.165) is 16.7 Å². The van der Waals surface area contributed by atoms with Crippen molar-refractivity contribution in [2.24, 2.45) is 0 Å². The minimum atomic E-state index is -1.92. The predicted octanol–water partition coefficient (Wildman–Crippen LogP) is 4.40. The number of alkyl halides is 1. The summed E-state index contributed by atoms with van der Waals surface area (Å²) in [6.45, 7) is 4.69. The van der Waals surface area contributed by atoms with Crippen molar-refractivity contribution in [1.29, 1.82) is 0 Å². The zero-order chi connectivity index (χ0) is 26.6. The molecule has 1 aliphatic heterocycles. The lowest BCUT2D eigenvalue weighted by Gasteiger charge is -2.27. The summed E-state index contributed by atoms with van der Waals surface area (Å²) in [7, 11) is 1.56. The summed E-state index contributed by atoms with van der Waals surface area (Å²) in [5, 5.41) is 0. The van der Waals surface area contributed by atoms with Crippen LogP contribution in [0.25, 0.3) is 0 Å². The molecule has 1 unspecified atom stereocenters. The van der Waals surface area contributed by atoms with E-state index in [0.29, 0.717) is 19.3 Å². The highest BCUT2D eigenvalue weighted by Gasteiger charge is 2.51. The summed E-state index contributed by atoms with van der Waals surface area (Å²) in [5.41, 5.74) is -1.93. The molecule has 0 radical (unpaired) electrons. The van der Waals surface area contributed by atoms with Gasteiger partial charge in [0.25, 0.3) is 0 Å². The molecule has 1 aliphatic rings. The third-order valence-corrected chi connectivity index (χ3v) is 5.60. The number of hydrogen-bond acceptors (Lipinski definition) is 7. The maximum absolute atomic E-state index is 15.7. The van der Waals surface area contributed by atoms with E-state index >= 15 is 4.39 Å². The van der Waals surface area contributed by atoms with Gasteiger partial charge in [0.05, 0.1) is 25.9 Å². The molecule has 0 N–H and O–H groups in total. The van der Waals surface area contributed by atoms with Crippen molar-refractivity contribution in [2.75, 3.05) is 26.9 Å². The number of ether oxygens (including phenoxy) is 4. The van der Waals surface area contributed by atoms with Crippen LogP contribution < -0.4 is 0 Å². The molecule has 200 valence electrons. The molecule has 1 aromatic rings. The van der Waals surface area contributed by atoms with Crippen molar-refractivity contribution in [1.82, 2.24) is 4.90 Å². The normalized spacial score (nSPS) is 20.9. The summed E-state index contributed by atoms with van der Waals surface area (Å²) in [6, 6.07) is 8.01. The predicted molar refractivity (Wildman–Crippen MR) is 132 cm³/mol. The minimum absolute atomic E-state index is 0.0235. The summed E-state index contributed by atoms with van der Waals surface area (Å²) in [6.07, 6.45) is 5.06. The third-order valence-electron chi connectivity index (χ3n) is 5.60. The van der Waals surface area contributed by atoms with Crippen molar-refractivity contribution in [3.63, 3.8) is 0 Å². The molecule has 1 heterocycles. The Morgan fingerprint density at radius 1 is 1.22 bits per heavy atom. The summed E-state index contributed by atoms with van der Waals surface area (Å²) in [5.74, 6) is -0.688. The molecule has 8 nitrogen and oxygen atoms in total. The van der Waals surface area contributed by atoms with Crippen LogP contribution in [0.4, 0.5) is 9.18 Å². The van der Waals surface area contributed by atoms with Gasteiger partial charge in [0.15, 0.2) is 5.67 Å². The molecular formula is C27H38FNO7. The number of halogens is 1. The van der Waals surface area contributed by atoms with E-state index in [2.05, 4.69) is 0 Å². The second kappa shape index (κ2) is 14.1. The fourth-order valence-electron chi connectivity index (χ4n) is 3.81. The van der Waals surface area contributed by atoms with E-state index in [-0.39, 0.29) is 38.9 Å². The van der Waals surface area contributed by atoms with Crippen molar-refractivity contribution in [3.05, 3.63) is 48.0 Å². The number of carbonyl (C=O) groups excluding carboxylic acids is 3. The Morgan fingerprint density at radius 2 is 1.94 bits per heavy atom. The molecule has 0 bridgehead atoms. The van der Waals surface area contributed by atoms with E-state index in [1.807, 2.05) is 36.4 Å². The van der Waals surface area contributed by atoms with Crippen molar-refractivity contribution < 1.29 is 37.7 Å². The molecule has 2 rings (SSSR count). The molecule has 36 heavy (non-hydrogen) atoms. The molecule has 0 aromatic heterocycles. The standard InChI is InChI=1S/C27H38FNO7/c1-26(2,3)36-25(32)29-19-27(28,20-34-16-10-6-9-13-22(33-4)14-15-30)17-23(29)24(31)35-18-21-11-7-5-8-12-21/h5-8,10-12,15,22-23H,9,13-14,16-20H2,1-4H3/b10-6+/t22?,23-,27+/m0/s1. The lowest BCUT2D eigenvalue weighted by atomic mass is 10.0. The van der Waals surface area contributed by atoms with Crippen LogP contribution >= 0.6 is 0 Å². The highest BCUT2D eigenvalue weighted by atomic mass is 19.1. The smallest absolute Gasteiger partial charge is 0.411 e. The second-order valence-electron chi connectivity index (χ2n) is 9.90. The van der Waals surface area contributed by atoms with E-state index in [4.69, 9.17) is 18.9 Å². The summed E-state index contributed by atoms with van der Waals surface area (Å²) in [4.78, 5) is 37.3. The lowest BCUT2D eigenvalue weighted by Crippen LogP contribution is -2.44. The number of carbonyl (C=O) groups is 3. The minimum Gasteiger partial charge on any atom is -0.459 e. The monoisotopic (exact) mass is 507 g/mol. The highest BCUT2D eigenvalue weighted by Crippen LogP contribution is 2.33. The molecule has 1 saturated heterocycles.